The smallest absolute Gasteiger partial charge is 0.399 e. The summed E-state index contributed by atoms with van der Waals surface area (Å²) in [5.41, 5.74) is 0.901. The van der Waals surface area contributed by atoms with E-state index in [1.54, 1.807) is 22.9 Å². The Morgan fingerprint density at radius 1 is 1.08 bits per heavy atom. The summed E-state index contributed by atoms with van der Waals surface area (Å²) in [6.45, 7) is 8.49. The van der Waals surface area contributed by atoms with E-state index in [1.807, 2.05) is 52.0 Å². The van der Waals surface area contributed by atoms with E-state index in [1.165, 1.54) is 0 Å². The number of pyridine rings is 1. The molecule has 0 radical (unpaired) electrons. The highest BCUT2D eigenvalue weighted by atomic mass is 35.5. The lowest BCUT2D eigenvalue weighted by Gasteiger charge is -2.32. The quantitative estimate of drug-likeness (QED) is 0.803. The first kappa shape index (κ1) is 17.3. The minimum Gasteiger partial charge on any atom is -0.399 e. The van der Waals surface area contributed by atoms with Crippen LogP contribution in [0.2, 0.25) is 5.02 Å². The van der Waals surface area contributed by atoms with E-state index in [9.17, 15) is 4.79 Å². The number of nitrogens with zero attached hydrogens (tertiary/aromatic N) is 1. The molecule has 1 fully saturated rings. The Morgan fingerprint density at radius 3 is 2.38 bits per heavy atom. The second-order valence-electron chi connectivity index (χ2n) is 7.15. The highest BCUT2D eigenvalue weighted by Gasteiger charge is 2.51. The summed E-state index contributed by atoms with van der Waals surface area (Å²) in [7, 11) is -0.485. The summed E-state index contributed by atoms with van der Waals surface area (Å²) in [4.78, 5) is 12.2. The molecule has 1 aromatic carbocycles. The van der Waals surface area contributed by atoms with Crippen LogP contribution < -0.4 is 11.0 Å². The number of halogens is 1. The van der Waals surface area contributed by atoms with Crippen molar-refractivity contribution in [3.8, 4) is 0 Å². The van der Waals surface area contributed by atoms with E-state index in [2.05, 4.69) is 0 Å². The summed E-state index contributed by atoms with van der Waals surface area (Å²) in [5, 5.41) is 0.655. The molecular formula is C18H21BClNO3. The second kappa shape index (κ2) is 6.06. The van der Waals surface area contributed by atoms with Crippen molar-refractivity contribution in [2.24, 2.45) is 0 Å². The maximum atomic E-state index is 12.2. The fourth-order valence-corrected chi connectivity index (χ4v) is 2.84. The number of hydrogen-bond donors (Lipinski definition) is 0. The Balaban J connectivity index is 1.89. The van der Waals surface area contributed by atoms with Crippen LogP contribution in [0, 0.1) is 0 Å². The van der Waals surface area contributed by atoms with Gasteiger partial charge >= 0.3 is 7.12 Å². The third-order valence-corrected chi connectivity index (χ3v) is 5.01. The van der Waals surface area contributed by atoms with Gasteiger partial charge in [-0.1, -0.05) is 29.8 Å². The zero-order chi connectivity index (χ0) is 17.5. The molecule has 2 aromatic rings. The lowest BCUT2D eigenvalue weighted by atomic mass is 9.80. The van der Waals surface area contributed by atoms with Crippen LogP contribution in [-0.2, 0) is 15.9 Å². The molecule has 126 valence electrons. The Morgan fingerprint density at radius 2 is 1.75 bits per heavy atom. The van der Waals surface area contributed by atoms with E-state index in [4.69, 9.17) is 20.9 Å². The van der Waals surface area contributed by atoms with Crippen LogP contribution in [0.15, 0.2) is 47.4 Å². The molecular weight excluding hydrogens is 324 g/mol. The molecule has 0 N–H and O–H groups in total. The number of benzene rings is 1. The van der Waals surface area contributed by atoms with Gasteiger partial charge in [-0.3, -0.25) is 4.79 Å². The van der Waals surface area contributed by atoms with E-state index < -0.39 is 18.3 Å². The summed E-state index contributed by atoms with van der Waals surface area (Å²) >= 11 is 6.02. The van der Waals surface area contributed by atoms with Crippen LogP contribution >= 0.6 is 11.6 Å². The molecule has 1 aliphatic rings. The van der Waals surface area contributed by atoms with Gasteiger partial charge in [0.05, 0.1) is 17.7 Å². The van der Waals surface area contributed by atoms with E-state index in [0.717, 1.165) is 11.0 Å². The zero-order valence-corrected chi connectivity index (χ0v) is 15.1. The predicted molar refractivity (Wildman–Crippen MR) is 97.0 cm³/mol. The van der Waals surface area contributed by atoms with Crippen molar-refractivity contribution in [2.75, 3.05) is 0 Å². The van der Waals surface area contributed by atoms with Gasteiger partial charge in [0.1, 0.15) is 0 Å². The Hall–Kier alpha value is -1.56. The largest absolute Gasteiger partial charge is 0.496 e. The molecule has 3 rings (SSSR count). The minimum absolute atomic E-state index is 0.0738. The van der Waals surface area contributed by atoms with Crippen LogP contribution in [-0.4, -0.2) is 22.9 Å². The van der Waals surface area contributed by atoms with Crippen LogP contribution in [0.4, 0.5) is 0 Å². The van der Waals surface area contributed by atoms with Gasteiger partial charge in [0.15, 0.2) is 0 Å². The molecule has 0 bridgehead atoms. The molecule has 0 spiro atoms. The lowest BCUT2D eigenvalue weighted by molar-refractivity contribution is 0.00578. The van der Waals surface area contributed by atoms with Gasteiger partial charge in [0, 0.05) is 17.3 Å². The van der Waals surface area contributed by atoms with Crippen molar-refractivity contribution in [1.29, 1.82) is 0 Å². The van der Waals surface area contributed by atoms with Gasteiger partial charge in [-0.15, -0.1) is 0 Å². The molecule has 24 heavy (non-hydrogen) atoms. The van der Waals surface area contributed by atoms with Gasteiger partial charge in [-0.25, -0.2) is 0 Å². The van der Waals surface area contributed by atoms with Crippen molar-refractivity contribution in [3.63, 3.8) is 0 Å². The van der Waals surface area contributed by atoms with E-state index in [-0.39, 0.29) is 5.56 Å². The van der Waals surface area contributed by atoms with E-state index >= 15 is 0 Å². The van der Waals surface area contributed by atoms with Crippen molar-refractivity contribution < 1.29 is 9.31 Å². The Kier molecular flexibility index (Phi) is 4.37. The number of rotatable bonds is 3. The SMILES string of the molecule is CC1(C)OB(c2ccc(=O)n(Cc3cccc(Cl)c3)c2)OC1(C)C. The van der Waals surface area contributed by atoms with Crippen LogP contribution in [0.5, 0.6) is 0 Å². The third kappa shape index (κ3) is 3.29. The first-order valence-electron chi connectivity index (χ1n) is 7.98. The van der Waals surface area contributed by atoms with Gasteiger partial charge < -0.3 is 13.9 Å². The first-order valence-corrected chi connectivity index (χ1v) is 8.36. The molecule has 1 aromatic heterocycles. The minimum atomic E-state index is -0.485. The van der Waals surface area contributed by atoms with Gasteiger partial charge in [0.25, 0.3) is 5.56 Å². The summed E-state index contributed by atoms with van der Waals surface area (Å²) in [6.07, 6.45) is 1.80. The lowest BCUT2D eigenvalue weighted by Crippen LogP contribution is -2.41. The highest BCUT2D eigenvalue weighted by molar-refractivity contribution is 6.62. The Bertz CT molecular complexity index is 800. The number of aromatic nitrogens is 1. The maximum Gasteiger partial charge on any atom is 0.496 e. The monoisotopic (exact) mass is 345 g/mol. The molecule has 6 heteroatoms. The van der Waals surface area contributed by atoms with Crippen LogP contribution in [0.1, 0.15) is 33.3 Å². The van der Waals surface area contributed by atoms with Crippen LogP contribution in [0.3, 0.4) is 0 Å². The maximum absolute atomic E-state index is 12.2. The van der Waals surface area contributed by atoms with Crippen molar-refractivity contribution in [2.45, 2.75) is 45.4 Å². The van der Waals surface area contributed by atoms with Gasteiger partial charge in [0.2, 0.25) is 0 Å². The Labute approximate surface area is 147 Å². The molecule has 4 nitrogen and oxygen atoms in total. The fourth-order valence-electron chi connectivity index (χ4n) is 2.62. The summed E-state index contributed by atoms with van der Waals surface area (Å²) in [5.74, 6) is 0. The molecule has 2 heterocycles. The van der Waals surface area contributed by atoms with Crippen LogP contribution in [0.25, 0.3) is 0 Å². The fraction of sp³-hybridized carbons (Fsp3) is 0.389. The molecule has 0 saturated carbocycles. The molecule has 1 saturated heterocycles. The summed E-state index contributed by atoms with van der Waals surface area (Å²) in [6, 6.07) is 10.8. The zero-order valence-electron chi connectivity index (χ0n) is 14.4. The third-order valence-electron chi connectivity index (χ3n) is 4.77. The topological polar surface area (TPSA) is 40.5 Å². The molecule has 0 amide bonds. The standard InChI is InChI=1S/C18H21BClNO3/c1-17(2)18(3,4)24-19(23-17)14-8-9-16(22)21(12-14)11-13-6-5-7-15(20)10-13/h5-10,12H,11H2,1-4H3. The predicted octanol–water partition coefficient (Wildman–Crippen LogP) is 2.85. The van der Waals surface area contributed by atoms with Crippen molar-refractivity contribution in [1.82, 2.24) is 4.57 Å². The van der Waals surface area contributed by atoms with E-state index in [0.29, 0.717) is 11.6 Å². The number of hydrogen-bond acceptors (Lipinski definition) is 3. The highest BCUT2D eigenvalue weighted by Crippen LogP contribution is 2.36. The normalized spacial score (nSPS) is 18.8. The average Bonchev–Trinajstić information content (AvgIpc) is 2.70. The van der Waals surface area contributed by atoms with Crippen molar-refractivity contribution in [3.05, 3.63) is 63.5 Å². The van der Waals surface area contributed by atoms with Gasteiger partial charge in [-0.05, 0) is 50.9 Å². The molecule has 0 unspecified atom stereocenters. The molecule has 1 aliphatic heterocycles. The molecule has 0 atom stereocenters. The molecule has 0 aliphatic carbocycles. The second-order valence-corrected chi connectivity index (χ2v) is 7.58. The summed E-state index contributed by atoms with van der Waals surface area (Å²) < 4.78 is 13.8. The first-order chi connectivity index (χ1) is 11.2. The van der Waals surface area contributed by atoms with Crippen molar-refractivity contribution >= 4 is 24.2 Å². The average molecular weight is 346 g/mol. The van der Waals surface area contributed by atoms with Gasteiger partial charge in [-0.2, -0.15) is 0 Å².